The molecular weight excluding hydrogens is 556 g/mol. The van der Waals surface area contributed by atoms with Gasteiger partial charge in [-0.3, -0.25) is 19.2 Å². The zero-order valence-corrected chi connectivity index (χ0v) is 26.5. The van der Waals surface area contributed by atoms with Crippen LogP contribution < -0.4 is 10.5 Å². The Labute approximate surface area is 254 Å². The molecule has 1 aliphatic rings. The highest BCUT2D eigenvalue weighted by atomic mass is 28.3. The minimum absolute atomic E-state index is 0.151. The molecule has 0 atom stereocenters. The third kappa shape index (κ3) is 8.39. The van der Waals surface area contributed by atoms with Crippen molar-refractivity contribution in [1.29, 1.82) is 0 Å². The SMILES string of the molecule is C[Si](C)(C)CCOCn1cnc2cc(N(Cc3ccc(C4CCCCC4)cn3)C(=O)OCc3ccccc3)ccc2c1=O. The standard InChI is InChI=1S/C34H42N4O4Si/c1-43(2,3)19-18-41-25-37-24-36-32-20-30(16-17-31(32)33(37)39)38(34(40)42-23-26-10-6-4-7-11-26)22-29-15-14-28(21-35-29)27-12-8-5-9-13-27/h4,6-7,10-11,14-17,20-21,24,27H,5,8-9,12-13,18-19,22-23,25H2,1-3H3. The third-order valence-corrected chi connectivity index (χ3v) is 9.72. The molecule has 226 valence electrons. The number of anilines is 1. The van der Waals surface area contributed by atoms with E-state index in [9.17, 15) is 9.59 Å². The van der Waals surface area contributed by atoms with Crippen LogP contribution in [0.3, 0.4) is 0 Å². The topological polar surface area (TPSA) is 86.6 Å². The van der Waals surface area contributed by atoms with E-state index in [1.165, 1.54) is 48.6 Å². The fourth-order valence-corrected chi connectivity index (χ4v) is 6.13. The average Bonchev–Trinajstić information content (AvgIpc) is 3.02. The highest BCUT2D eigenvalue weighted by molar-refractivity contribution is 6.76. The monoisotopic (exact) mass is 598 g/mol. The smallest absolute Gasteiger partial charge is 0.414 e. The van der Waals surface area contributed by atoms with Crippen molar-refractivity contribution in [2.24, 2.45) is 0 Å². The van der Waals surface area contributed by atoms with E-state index in [1.54, 1.807) is 23.1 Å². The molecule has 0 saturated heterocycles. The zero-order chi connectivity index (χ0) is 30.2. The predicted octanol–water partition coefficient (Wildman–Crippen LogP) is 7.49. The lowest BCUT2D eigenvalue weighted by atomic mass is 9.85. The summed E-state index contributed by atoms with van der Waals surface area (Å²) in [4.78, 5) is 37.5. The summed E-state index contributed by atoms with van der Waals surface area (Å²) in [5.41, 5.74) is 3.83. The maximum atomic E-state index is 13.5. The first kappa shape index (κ1) is 30.6. The first-order valence-electron chi connectivity index (χ1n) is 15.3. The molecule has 9 heteroatoms. The highest BCUT2D eigenvalue weighted by Gasteiger charge is 2.21. The van der Waals surface area contributed by atoms with Crippen LogP contribution in [0.5, 0.6) is 0 Å². The summed E-state index contributed by atoms with van der Waals surface area (Å²) in [6.45, 7) is 8.04. The second-order valence-corrected chi connectivity index (χ2v) is 18.2. The Hall–Kier alpha value is -3.82. The van der Waals surface area contributed by atoms with Gasteiger partial charge in [0.05, 0.1) is 23.1 Å². The average molecular weight is 599 g/mol. The maximum absolute atomic E-state index is 13.5. The number of benzene rings is 2. The quantitative estimate of drug-likeness (QED) is 0.131. The van der Waals surface area contributed by atoms with Crippen LogP contribution in [0.4, 0.5) is 10.5 Å². The Bertz CT molecular complexity index is 1560. The number of carbonyl (C=O) groups excluding carboxylic acids is 1. The molecule has 2 aromatic heterocycles. The first-order valence-corrected chi connectivity index (χ1v) is 19.0. The molecule has 1 aliphatic carbocycles. The molecule has 0 N–H and O–H groups in total. The molecule has 0 aliphatic heterocycles. The van der Waals surface area contributed by atoms with Crippen LogP contribution in [-0.2, 0) is 29.4 Å². The zero-order valence-electron chi connectivity index (χ0n) is 25.5. The Morgan fingerprint density at radius 1 is 1.00 bits per heavy atom. The number of aromatic nitrogens is 3. The van der Waals surface area contributed by atoms with Crippen molar-refractivity contribution < 1.29 is 14.3 Å². The van der Waals surface area contributed by atoms with E-state index in [2.05, 4.69) is 30.7 Å². The van der Waals surface area contributed by atoms with E-state index in [-0.39, 0.29) is 25.4 Å². The second kappa shape index (κ2) is 14.1. The van der Waals surface area contributed by atoms with Gasteiger partial charge >= 0.3 is 6.09 Å². The van der Waals surface area contributed by atoms with Crippen molar-refractivity contribution in [2.45, 2.75) is 83.6 Å². The maximum Gasteiger partial charge on any atom is 0.414 e. The number of nitrogens with zero attached hydrogens (tertiary/aromatic N) is 4. The van der Waals surface area contributed by atoms with Crippen LogP contribution >= 0.6 is 0 Å². The Morgan fingerprint density at radius 3 is 2.51 bits per heavy atom. The van der Waals surface area contributed by atoms with Crippen molar-refractivity contribution in [3.05, 3.63) is 100 Å². The lowest BCUT2D eigenvalue weighted by molar-refractivity contribution is 0.0844. The van der Waals surface area contributed by atoms with Gasteiger partial charge in [0.1, 0.15) is 19.7 Å². The van der Waals surface area contributed by atoms with Gasteiger partial charge < -0.3 is 9.47 Å². The largest absolute Gasteiger partial charge is 0.444 e. The van der Waals surface area contributed by atoms with E-state index < -0.39 is 14.2 Å². The summed E-state index contributed by atoms with van der Waals surface area (Å²) in [6, 6.07) is 20.0. The lowest BCUT2D eigenvalue weighted by Crippen LogP contribution is -2.31. The molecule has 43 heavy (non-hydrogen) atoms. The van der Waals surface area contributed by atoms with Gasteiger partial charge in [-0.25, -0.2) is 9.78 Å². The van der Waals surface area contributed by atoms with E-state index >= 15 is 0 Å². The van der Waals surface area contributed by atoms with E-state index in [0.717, 1.165) is 17.3 Å². The molecule has 0 spiro atoms. The summed E-state index contributed by atoms with van der Waals surface area (Å²) in [5.74, 6) is 0.559. The lowest BCUT2D eigenvalue weighted by Gasteiger charge is -2.24. The first-order chi connectivity index (χ1) is 20.8. The summed E-state index contributed by atoms with van der Waals surface area (Å²) in [5, 5.41) is 0.465. The molecule has 2 aromatic carbocycles. The van der Waals surface area contributed by atoms with E-state index in [4.69, 9.17) is 14.5 Å². The molecule has 5 rings (SSSR count). The van der Waals surface area contributed by atoms with Crippen LogP contribution in [0.2, 0.25) is 25.7 Å². The van der Waals surface area contributed by atoms with Gasteiger partial charge in [-0.1, -0.05) is 75.3 Å². The normalized spacial score (nSPS) is 14.1. The van der Waals surface area contributed by atoms with Crippen molar-refractivity contribution in [2.75, 3.05) is 11.5 Å². The van der Waals surface area contributed by atoms with Crippen LogP contribution in [0.25, 0.3) is 10.9 Å². The molecule has 1 fully saturated rings. The molecule has 0 unspecified atom stereocenters. The summed E-state index contributed by atoms with van der Waals surface area (Å²) in [7, 11) is -1.22. The third-order valence-electron chi connectivity index (χ3n) is 8.02. The molecule has 4 aromatic rings. The Kier molecular flexibility index (Phi) is 10.0. The number of rotatable bonds is 11. The minimum Gasteiger partial charge on any atom is -0.444 e. The molecule has 1 amide bonds. The van der Waals surface area contributed by atoms with Crippen LogP contribution in [0, 0.1) is 0 Å². The Morgan fingerprint density at radius 2 is 1.79 bits per heavy atom. The van der Waals surface area contributed by atoms with E-state index in [0.29, 0.717) is 29.1 Å². The summed E-state index contributed by atoms with van der Waals surface area (Å²) >= 11 is 0. The van der Waals surface area contributed by atoms with Crippen molar-refractivity contribution in [3.8, 4) is 0 Å². The van der Waals surface area contributed by atoms with Gasteiger partial charge in [0.15, 0.2) is 0 Å². The van der Waals surface area contributed by atoms with Crippen molar-refractivity contribution in [3.63, 3.8) is 0 Å². The van der Waals surface area contributed by atoms with Gasteiger partial charge in [0, 0.05) is 26.6 Å². The van der Waals surface area contributed by atoms with Crippen molar-refractivity contribution in [1.82, 2.24) is 14.5 Å². The summed E-state index contributed by atoms with van der Waals surface area (Å²) < 4.78 is 13.0. The van der Waals surface area contributed by atoms with Gasteiger partial charge in [-0.15, -0.1) is 0 Å². The van der Waals surface area contributed by atoms with Gasteiger partial charge in [-0.2, -0.15) is 0 Å². The molecule has 0 bridgehead atoms. The number of hydrogen-bond donors (Lipinski definition) is 0. The number of ether oxygens (including phenoxy) is 2. The summed E-state index contributed by atoms with van der Waals surface area (Å²) in [6.07, 6.45) is 9.21. The predicted molar refractivity (Wildman–Crippen MR) is 173 cm³/mol. The molecule has 2 heterocycles. The van der Waals surface area contributed by atoms with Gasteiger partial charge in [-0.05, 0) is 60.2 Å². The minimum atomic E-state index is -1.22. The Balaban J connectivity index is 1.36. The van der Waals surface area contributed by atoms with E-state index in [1.807, 2.05) is 42.6 Å². The van der Waals surface area contributed by atoms with Crippen LogP contribution in [-0.4, -0.2) is 35.3 Å². The number of carbonyl (C=O) groups is 1. The number of hydrogen-bond acceptors (Lipinski definition) is 6. The number of amides is 1. The van der Waals surface area contributed by atoms with Crippen LogP contribution in [0.15, 0.2) is 78.0 Å². The fourth-order valence-electron chi connectivity index (χ4n) is 5.38. The second-order valence-electron chi connectivity index (χ2n) is 12.6. The highest BCUT2D eigenvalue weighted by Crippen LogP contribution is 2.32. The number of fused-ring (bicyclic) bond motifs is 1. The molecule has 8 nitrogen and oxygen atoms in total. The van der Waals surface area contributed by atoms with Crippen molar-refractivity contribution >= 4 is 30.8 Å². The number of pyridine rings is 1. The molecule has 1 saturated carbocycles. The van der Waals surface area contributed by atoms with Gasteiger partial charge in [0.2, 0.25) is 0 Å². The molecule has 0 radical (unpaired) electrons. The fraction of sp³-hybridized carbons (Fsp3) is 0.412. The van der Waals surface area contributed by atoms with Crippen LogP contribution in [0.1, 0.15) is 54.8 Å². The molecular formula is C34H42N4O4Si. The van der Waals surface area contributed by atoms with Gasteiger partial charge in [0.25, 0.3) is 5.56 Å².